The molecule has 0 spiro atoms. The molecule has 0 aliphatic carbocycles. The number of nitrogens with zero attached hydrogens (tertiary/aromatic N) is 3. The second-order valence-electron chi connectivity index (χ2n) is 4.88. The molecule has 2 aromatic rings. The molecule has 21 heavy (non-hydrogen) atoms. The van der Waals surface area contributed by atoms with Gasteiger partial charge in [0.15, 0.2) is 0 Å². The SMILES string of the molecule is O=C(O)c1cc(SCc2nnc3n2CCCC3)ccc1F. The maximum atomic E-state index is 13.3. The molecule has 0 amide bonds. The van der Waals surface area contributed by atoms with Crippen LogP contribution in [0.25, 0.3) is 0 Å². The Labute approximate surface area is 125 Å². The van der Waals surface area contributed by atoms with Gasteiger partial charge < -0.3 is 9.67 Å². The normalized spacial score (nSPS) is 14.0. The van der Waals surface area contributed by atoms with Crippen molar-refractivity contribution in [2.45, 2.75) is 36.5 Å². The summed E-state index contributed by atoms with van der Waals surface area (Å²) in [7, 11) is 0. The van der Waals surface area contributed by atoms with Crippen LogP contribution < -0.4 is 0 Å². The Kier molecular flexibility index (Phi) is 3.92. The van der Waals surface area contributed by atoms with E-state index >= 15 is 0 Å². The van der Waals surface area contributed by atoms with Crippen LogP contribution in [0.4, 0.5) is 4.39 Å². The molecule has 0 radical (unpaired) electrons. The van der Waals surface area contributed by atoms with E-state index in [0.717, 1.165) is 37.5 Å². The number of fused-ring (bicyclic) bond motifs is 1. The predicted octanol–water partition coefficient (Wildman–Crippen LogP) is 2.74. The van der Waals surface area contributed by atoms with Crippen molar-refractivity contribution in [1.29, 1.82) is 0 Å². The first kappa shape index (κ1) is 14.1. The summed E-state index contributed by atoms with van der Waals surface area (Å²) < 4.78 is 15.5. The van der Waals surface area contributed by atoms with E-state index in [1.165, 1.54) is 23.9 Å². The van der Waals surface area contributed by atoms with Crippen LogP contribution in [0.1, 0.15) is 34.8 Å². The minimum Gasteiger partial charge on any atom is -0.478 e. The number of carbonyl (C=O) groups is 1. The van der Waals surface area contributed by atoms with Crippen LogP contribution in [0, 0.1) is 5.82 Å². The lowest BCUT2D eigenvalue weighted by Gasteiger charge is -2.14. The van der Waals surface area contributed by atoms with Crippen LogP contribution in [-0.2, 0) is 18.7 Å². The molecule has 0 atom stereocenters. The number of aromatic carboxylic acids is 1. The quantitative estimate of drug-likeness (QED) is 0.880. The van der Waals surface area contributed by atoms with Crippen molar-refractivity contribution >= 4 is 17.7 Å². The number of hydrogen-bond acceptors (Lipinski definition) is 4. The Morgan fingerprint density at radius 2 is 2.24 bits per heavy atom. The number of aromatic nitrogens is 3. The van der Waals surface area contributed by atoms with Gasteiger partial charge in [0.25, 0.3) is 0 Å². The fraction of sp³-hybridized carbons (Fsp3) is 0.357. The van der Waals surface area contributed by atoms with Crippen LogP contribution in [-0.4, -0.2) is 25.8 Å². The molecule has 3 rings (SSSR count). The zero-order valence-corrected chi connectivity index (χ0v) is 12.1. The fourth-order valence-electron chi connectivity index (χ4n) is 2.38. The fourth-order valence-corrected chi connectivity index (χ4v) is 3.26. The summed E-state index contributed by atoms with van der Waals surface area (Å²) in [6, 6.07) is 4.13. The third kappa shape index (κ3) is 2.92. The van der Waals surface area contributed by atoms with Gasteiger partial charge in [-0.2, -0.15) is 0 Å². The molecule has 1 N–H and O–H groups in total. The standard InChI is InChI=1S/C14H14FN3O2S/c15-11-5-4-9(7-10(11)14(19)20)21-8-13-17-16-12-3-1-2-6-18(12)13/h4-5,7H,1-3,6,8H2,(H,19,20). The van der Waals surface area contributed by atoms with Crippen LogP contribution >= 0.6 is 11.8 Å². The van der Waals surface area contributed by atoms with E-state index in [1.807, 2.05) is 0 Å². The summed E-state index contributed by atoms with van der Waals surface area (Å²) in [5, 5.41) is 17.3. The van der Waals surface area contributed by atoms with E-state index in [2.05, 4.69) is 14.8 Å². The van der Waals surface area contributed by atoms with Crippen LogP contribution in [0.5, 0.6) is 0 Å². The zero-order valence-electron chi connectivity index (χ0n) is 11.3. The summed E-state index contributed by atoms with van der Waals surface area (Å²) in [4.78, 5) is 11.6. The van der Waals surface area contributed by atoms with Crippen molar-refractivity contribution in [2.75, 3.05) is 0 Å². The monoisotopic (exact) mass is 307 g/mol. The van der Waals surface area contributed by atoms with Gasteiger partial charge in [-0.15, -0.1) is 22.0 Å². The van der Waals surface area contributed by atoms with Crippen molar-refractivity contribution in [2.24, 2.45) is 0 Å². The number of aryl methyl sites for hydroxylation is 1. The third-order valence-corrected chi connectivity index (χ3v) is 4.46. The molecule has 1 aliphatic heterocycles. The minimum absolute atomic E-state index is 0.303. The second kappa shape index (κ2) is 5.85. The molecule has 2 heterocycles. The van der Waals surface area contributed by atoms with E-state index in [4.69, 9.17) is 5.11 Å². The van der Waals surface area contributed by atoms with Gasteiger partial charge in [0.1, 0.15) is 17.5 Å². The highest BCUT2D eigenvalue weighted by molar-refractivity contribution is 7.98. The van der Waals surface area contributed by atoms with Gasteiger partial charge in [-0.3, -0.25) is 0 Å². The van der Waals surface area contributed by atoms with Crippen LogP contribution in [0.3, 0.4) is 0 Å². The molecule has 7 heteroatoms. The highest BCUT2D eigenvalue weighted by Crippen LogP contribution is 2.25. The third-order valence-electron chi connectivity index (χ3n) is 3.47. The van der Waals surface area contributed by atoms with E-state index < -0.39 is 11.8 Å². The maximum Gasteiger partial charge on any atom is 0.338 e. The molecule has 0 saturated heterocycles. The Morgan fingerprint density at radius 3 is 3.05 bits per heavy atom. The summed E-state index contributed by atoms with van der Waals surface area (Å²) in [5.74, 6) is 0.525. The minimum atomic E-state index is -1.25. The van der Waals surface area contributed by atoms with Gasteiger partial charge in [-0.25, -0.2) is 9.18 Å². The number of carboxylic acids is 1. The first-order valence-electron chi connectivity index (χ1n) is 6.72. The van der Waals surface area contributed by atoms with Crippen molar-refractivity contribution < 1.29 is 14.3 Å². The molecule has 0 fully saturated rings. The molecule has 110 valence electrons. The first-order valence-corrected chi connectivity index (χ1v) is 7.70. The highest BCUT2D eigenvalue weighted by Gasteiger charge is 2.16. The van der Waals surface area contributed by atoms with Crippen molar-refractivity contribution in [3.8, 4) is 0 Å². The first-order chi connectivity index (χ1) is 10.1. The maximum absolute atomic E-state index is 13.3. The van der Waals surface area contributed by atoms with E-state index in [0.29, 0.717) is 10.6 Å². The molecule has 1 aromatic carbocycles. The van der Waals surface area contributed by atoms with Gasteiger partial charge in [-0.05, 0) is 31.0 Å². The molecule has 0 unspecified atom stereocenters. The molecular formula is C14H14FN3O2S. The summed E-state index contributed by atoms with van der Waals surface area (Å²) in [5.41, 5.74) is -0.303. The van der Waals surface area contributed by atoms with Gasteiger partial charge in [0.2, 0.25) is 0 Å². The zero-order chi connectivity index (χ0) is 14.8. The summed E-state index contributed by atoms with van der Waals surface area (Å²) in [6.07, 6.45) is 3.23. The van der Waals surface area contributed by atoms with Gasteiger partial charge >= 0.3 is 5.97 Å². The average molecular weight is 307 g/mol. The average Bonchev–Trinajstić information content (AvgIpc) is 2.89. The van der Waals surface area contributed by atoms with Crippen molar-refractivity contribution in [3.05, 3.63) is 41.2 Å². The Hall–Kier alpha value is -1.89. The van der Waals surface area contributed by atoms with Gasteiger partial charge in [0, 0.05) is 17.9 Å². The predicted molar refractivity (Wildman–Crippen MR) is 75.9 cm³/mol. The molecule has 1 aliphatic rings. The number of halogens is 1. The molecule has 1 aromatic heterocycles. The smallest absolute Gasteiger partial charge is 0.338 e. The molecule has 0 bridgehead atoms. The summed E-state index contributed by atoms with van der Waals surface area (Å²) >= 11 is 1.44. The van der Waals surface area contributed by atoms with E-state index in [-0.39, 0.29) is 5.56 Å². The number of carboxylic acid groups (broad SMARTS) is 1. The lowest BCUT2D eigenvalue weighted by atomic mass is 10.2. The molecule has 0 saturated carbocycles. The largest absolute Gasteiger partial charge is 0.478 e. The Morgan fingerprint density at radius 1 is 1.38 bits per heavy atom. The Bertz CT molecular complexity index is 687. The Balaban J connectivity index is 1.75. The number of benzene rings is 1. The van der Waals surface area contributed by atoms with Crippen LogP contribution in [0.2, 0.25) is 0 Å². The van der Waals surface area contributed by atoms with Crippen molar-refractivity contribution in [3.63, 3.8) is 0 Å². The summed E-state index contributed by atoms with van der Waals surface area (Å²) in [6.45, 7) is 0.933. The van der Waals surface area contributed by atoms with Gasteiger partial charge in [-0.1, -0.05) is 0 Å². The molecule has 5 nitrogen and oxygen atoms in total. The van der Waals surface area contributed by atoms with E-state index in [9.17, 15) is 9.18 Å². The number of hydrogen-bond donors (Lipinski definition) is 1. The van der Waals surface area contributed by atoms with Crippen molar-refractivity contribution in [1.82, 2.24) is 14.8 Å². The van der Waals surface area contributed by atoms with Gasteiger partial charge in [0.05, 0.1) is 11.3 Å². The highest BCUT2D eigenvalue weighted by atomic mass is 32.2. The second-order valence-corrected chi connectivity index (χ2v) is 5.93. The lowest BCUT2D eigenvalue weighted by Crippen LogP contribution is -2.12. The number of rotatable bonds is 4. The topological polar surface area (TPSA) is 68.0 Å². The van der Waals surface area contributed by atoms with Crippen LogP contribution in [0.15, 0.2) is 23.1 Å². The molecular weight excluding hydrogens is 293 g/mol. The number of thioether (sulfide) groups is 1. The lowest BCUT2D eigenvalue weighted by molar-refractivity contribution is 0.0691. The van der Waals surface area contributed by atoms with E-state index in [1.54, 1.807) is 6.07 Å².